The van der Waals surface area contributed by atoms with E-state index >= 15 is 0 Å². The summed E-state index contributed by atoms with van der Waals surface area (Å²) in [5, 5.41) is 28.8. The quantitative estimate of drug-likeness (QED) is 0.550. The average molecular weight is 380 g/mol. The SMILES string of the molecule is O=C(Nc1cnn(Cc2coc(C(O)O)n2)n1)OCc1ccccc1Cl. The zero-order valence-corrected chi connectivity index (χ0v) is 14.0. The summed E-state index contributed by atoms with van der Waals surface area (Å²) in [6.07, 6.45) is 0.0883. The van der Waals surface area contributed by atoms with Gasteiger partial charge in [-0.1, -0.05) is 29.8 Å². The summed E-state index contributed by atoms with van der Waals surface area (Å²) < 4.78 is 9.95. The number of benzene rings is 1. The summed E-state index contributed by atoms with van der Waals surface area (Å²) in [5.74, 6) is -0.0475. The minimum absolute atomic E-state index is 0.0187. The number of hydrogen-bond donors (Lipinski definition) is 3. The van der Waals surface area contributed by atoms with Gasteiger partial charge in [-0.2, -0.15) is 9.90 Å². The number of nitrogens with zero attached hydrogens (tertiary/aromatic N) is 4. The summed E-state index contributed by atoms with van der Waals surface area (Å²) in [6.45, 7) is 0.136. The van der Waals surface area contributed by atoms with Crippen LogP contribution in [0, 0.1) is 0 Å². The summed E-state index contributed by atoms with van der Waals surface area (Å²) in [7, 11) is 0. The Kier molecular flexibility index (Phi) is 5.46. The van der Waals surface area contributed by atoms with E-state index in [9.17, 15) is 4.79 Å². The van der Waals surface area contributed by atoms with Crippen LogP contribution in [-0.2, 0) is 17.9 Å². The van der Waals surface area contributed by atoms with Crippen molar-refractivity contribution in [2.45, 2.75) is 19.4 Å². The van der Waals surface area contributed by atoms with Crippen LogP contribution in [0.3, 0.4) is 0 Å². The van der Waals surface area contributed by atoms with Crippen molar-refractivity contribution in [3.05, 3.63) is 58.9 Å². The van der Waals surface area contributed by atoms with Crippen LogP contribution in [0.4, 0.5) is 10.6 Å². The number of amides is 1. The van der Waals surface area contributed by atoms with E-state index in [1.54, 1.807) is 24.3 Å². The number of nitrogens with one attached hydrogen (secondary N) is 1. The van der Waals surface area contributed by atoms with Gasteiger partial charge in [0.15, 0.2) is 5.82 Å². The molecule has 136 valence electrons. The van der Waals surface area contributed by atoms with Crippen LogP contribution in [0.25, 0.3) is 0 Å². The first-order valence-corrected chi connectivity index (χ1v) is 7.77. The number of aliphatic hydroxyl groups excluding tert-OH is 1. The van der Waals surface area contributed by atoms with E-state index in [4.69, 9.17) is 31.0 Å². The fourth-order valence-electron chi connectivity index (χ4n) is 1.99. The Bertz CT molecular complexity index is 894. The number of aromatic nitrogens is 4. The molecule has 0 aliphatic rings. The molecule has 0 fully saturated rings. The number of aliphatic hydroxyl groups is 2. The lowest BCUT2D eigenvalue weighted by Gasteiger charge is -2.06. The van der Waals surface area contributed by atoms with E-state index in [0.717, 1.165) is 0 Å². The number of oxazole rings is 1. The summed E-state index contributed by atoms with van der Waals surface area (Å²) in [6, 6.07) is 7.03. The summed E-state index contributed by atoms with van der Waals surface area (Å²) in [4.78, 5) is 16.9. The second-order valence-electron chi connectivity index (χ2n) is 5.10. The first-order chi connectivity index (χ1) is 12.5. The van der Waals surface area contributed by atoms with E-state index in [1.165, 1.54) is 17.3 Å². The molecule has 11 heteroatoms. The van der Waals surface area contributed by atoms with Crippen LogP contribution in [0.5, 0.6) is 0 Å². The molecule has 2 aromatic heterocycles. The molecule has 0 radical (unpaired) electrons. The molecular formula is C15H14ClN5O5. The van der Waals surface area contributed by atoms with Gasteiger partial charge >= 0.3 is 6.09 Å². The summed E-state index contributed by atoms with van der Waals surface area (Å²) in [5.41, 5.74) is 1.07. The van der Waals surface area contributed by atoms with Gasteiger partial charge in [-0.05, 0) is 6.07 Å². The van der Waals surface area contributed by atoms with Crippen molar-refractivity contribution >= 4 is 23.5 Å². The lowest BCUT2D eigenvalue weighted by molar-refractivity contribution is -0.0620. The van der Waals surface area contributed by atoms with Crippen molar-refractivity contribution < 1.29 is 24.2 Å². The third-order valence-electron chi connectivity index (χ3n) is 3.18. The number of halogens is 1. The predicted octanol–water partition coefficient (Wildman–Crippen LogP) is 1.70. The fraction of sp³-hybridized carbons (Fsp3) is 0.200. The second kappa shape index (κ2) is 7.95. The Hall–Kier alpha value is -2.95. The maximum absolute atomic E-state index is 11.8. The van der Waals surface area contributed by atoms with E-state index in [-0.39, 0.29) is 24.9 Å². The highest BCUT2D eigenvalue weighted by molar-refractivity contribution is 6.31. The minimum Gasteiger partial charge on any atom is -0.444 e. The number of carbonyl (C=O) groups excluding carboxylic acids is 1. The molecule has 1 amide bonds. The topological polar surface area (TPSA) is 136 Å². The average Bonchev–Trinajstić information content (AvgIpc) is 3.24. The molecule has 26 heavy (non-hydrogen) atoms. The highest BCUT2D eigenvalue weighted by Crippen LogP contribution is 2.16. The van der Waals surface area contributed by atoms with Gasteiger partial charge in [0.05, 0.1) is 6.20 Å². The van der Waals surface area contributed by atoms with Gasteiger partial charge in [0.1, 0.15) is 25.1 Å². The zero-order chi connectivity index (χ0) is 18.5. The van der Waals surface area contributed by atoms with Gasteiger partial charge in [0.2, 0.25) is 6.29 Å². The third kappa shape index (κ3) is 4.57. The molecule has 0 aliphatic heterocycles. The van der Waals surface area contributed by atoms with Crippen LogP contribution < -0.4 is 5.32 Å². The van der Waals surface area contributed by atoms with Crippen molar-refractivity contribution in [1.82, 2.24) is 20.0 Å². The highest BCUT2D eigenvalue weighted by Gasteiger charge is 2.13. The van der Waals surface area contributed by atoms with Crippen LogP contribution >= 0.6 is 11.6 Å². The number of rotatable bonds is 6. The van der Waals surface area contributed by atoms with Gasteiger partial charge < -0.3 is 19.4 Å². The summed E-state index contributed by atoms with van der Waals surface area (Å²) >= 11 is 5.99. The van der Waals surface area contributed by atoms with Crippen LogP contribution in [0.1, 0.15) is 23.4 Å². The number of carbonyl (C=O) groups is 1. The van der Waals surface area contributed by atoms with E-state index in [1.807, 2.05) is 0 Å². The molecular weight excluding hydrogens is 366 g/mol. The van der Waals surface area contributed by atoms with Crippen LogP contribution in [0.15, 0.2) is 41.1 Å². The van der Waals surface area contributed by atoms with Gasteiger partial charge in [-0.25, -0.2) is 9.78 Å². The molecule has 0 saturated heterocycles. The molecule has 0 spiro atoms. The normalized spacial score (nSPS) is 10.9. The van der Waals surface area contributed by atoms with Crippen molar-refractivity contribution in [3.63, 3.8) is 0 Å². The smallest absolute Gasteiger partial charge is 0.413 e. The lowest BCUT2D eigenvalue weighted by atomic mass is 10.2. The first-order valence-electron chi connectivity index (χ1n) is 7.39. The standard InChI is InChI=1S/C15H14ClN5O5/c16-11-4-2-1-3-9(11)7-26-15(24)19-12-5-17-21(20-12)6-10-8-25-13(18-10)14(22)23/h1-5,8,14,22-23H,6-7H2,(H,19,20,24). The molecule has 0 atom stereocenters. The van der Waals surface area contributed by atoms with Gasteiger partial charge in [-0.15, -0.1) is 5.10 Å². The minimum atomic E-state index is -1.79. The number of ether oxygens (including phenoxy) is 1. The Morgan fingerprint density at radius 1 is 1.38 bits per heavy atom. The first kappa shape index (κ1) is 17.9. The van der Waals surface area contributed by atoms with E-state index in [2.05, 4.69) is 20.5 Å². The van der Waals surface area contributed by atoms with E-state index < -0.39 is 12.4 Å². The third-order valence-corrected chi connectivity index (χ3v) is 3.55. The Labute approximate surface area is 152 Å². The Balaban J connectivity index is 1.52. The maximum atomic E-state index is 11.8. The predicted molar refractivity (Wildman–Crippen MR) is 88.1 cm³/mol. The number of anilines is 1. The Morgan fingerprint density at radius 3 is 2.92 bits per heavy atom. The van der Waals surface area contributed by atoms with Gasteiger partial charge in [-0.3, -0.25) is 5.32 Å². The molecule has 0 bridgehead atoms. The molecule has 1 aromatic carbocycles. The maximum Gasteiger partial charge on any atom is 0.413 e. The molecule has 0 saturated carbocycles. The highest BCUT2D eigenvalue weighted by atomic mass is 35.5. The molecule has 3 rings (SSSR count). The van der Waals surface area contributed by atoms with Crippen molar-refractivity contribution in [2.75, 3.05) is 5.32 Å². The molecule has 10 nitrogen and oxygen atoms in total. The Morgan fingerprint density at radius 2 is 2.19 bits per heavy atom. The fourth-order valence-corrected chi connectivity index (χ4v) is 2.18. The number of hydrogen-bond acceptors (Lipinski definition) is 8. The van der Waals surface area contributed by atoms with E-state index in [0.29, 0.717) is 16.3 Å². The lowest BCUT2D eigenvalue weighted by Crippen LogP contribution is -2.14. The molecule has 0 unspecified atom stereocenters. The molecule has 0 aliphatic carbocycles. The van der Waals surface area contributed by atoms with Crippen LogP contribution in [-0.4, -0.2) is 36.3 Å². The van der Waals surface area contributed by atoms with Gasteiger partial charge in [0, 0.05) is 10.6 Å². The molecule has 2 heterocycles. The van der Waals surface area contributed by atoms with Crippen molar-refractivity contribution in [1.29, 1.82) is 0 Å². The van der Waals surface area contributed by atoms with Crippen molar-refractivity contribution in [3.8, 4) is 0 Å². The molecule has 3 N–H and O–H groups in total. The zero-order valence-electron chi connectivity index (χ0n) is 13.2. The monoisotopic (exact) mass is 379 g/mol. The van der Waals surface area contributed by atoms with Crippen molar-refractivity contribution in [2.24, 2.45) is 0 Å². The van der Waals surface area contributed by atoms with Gasteiger partial charge in [0.25, 0.3) is 5.89 Å². The molecule has 3 aromatic rings. The largest absolute Gasteiger partial charge is 0.444 e. The second-order valence-corrected chi connectivity index (χ2v) is 5.51. The van der Waals surface area contributed by atoms with Crippen LogP contribution in [0.2, 0.25) is 5.02 Å².